The third kappa shape index (κ3) is 3.54. The maximum atomic E-state index is 12.9. The minimum Gasteiger partial charge on any atom is -0.478 e. The lowest BCUT2D eigenvalue weighted by atomic mass is 10.1. The van der Waals surface area contributed by atoms with E-state index in [1.165, 1.54) is 12.1 Å². The van der Waals surface area contributed by atoms with E-state index >= 15 is 0 Å². The van der Waals surface area contributed by atoms with Gasteiger partial charge in [-0.05, 0) is 51.8 Å². The molecule has 0 bridgehead atoms. The normalized spacial score (nSPS) is 10.2. The van der Waals surface area contributed by atoms with Crippen LogP contribution in [0.4, 0.5) is 10.1 Å². The summed E-state index contributed by atoms with van der Waals surface area (Å²) in [5.41, 5.74) is 1.84. The summed E-state index contributed by atoms with van der Waals surface area (Å²) in [5, 5.41) is 12.0. The van der Waals surface area contributed by atoms with Gasteiger partial charge in [0, 0.05) is 16.7 Å². The average molecular weight is 324 g/mol. The molecule has 0 aliphatic rings. The molecular formula is C14H11BrFNO2. The lowest BCUT2D eigenvalue weighted by Gasteiger charge is -2.09. The Morgan fingerprint density at radius 3 is 2.74 bits per heavy atom. The molecule has 0 heterocycles. The predicted molar refractivity (Wildman–Crippen MR) is 74.8 cm³/mol. The van der Waals surface area contributed by atoms with Crippen LogP contribution in [-0.4, -0.2) is 11.1 Å². The first-order valence-electron chi connectivity index (χ1n) is 5.57. The number of anilines is 1. The monoisotopic (exact) mass is 323 g/mol. The van der Waals surface area contributed by atoms with Gasteiger partial charge in [-0.1, -0.05) is 12.1 Å². The highest BCUT2D eigenvalue weighted by Crippen LogP contribution is 2.23. The van der Waals surface area contributed by atoms with E-state index in [0.29, 0.717) is 11.0 Å². The van der Waals surface area contributed by atoms with Crippen LogP contribution < -0.4 is 5.32 Å². The van der Waals surface area contributed by atoms with Crippen molar-refractivity contribution in [2.75, 3.05) is 5.32 Å². The Bertz CT molecular complexity index is 616. The summed E-state index contributed by atoms with van der Waals surface area (Å²) in [5.74, 6) is -1.27. The SMILES string of the molecule is O=C(O)c1cccc(CNc2ccc(F)cc2Br)c1. The van der Waals surface area contributed by atoms with Crippen molar-refractivity contribution in [3.63, 3.8) is 0 Å². The van der Waals surface area contributed by atoms with Gasteiger partial charge in [0.2, 0.25) is 0 Å². The topological polar surface area (TPSA) is 49.3 Å². The fourth-order valence-corrected chi connectivity index (χ4v) is 2.14. The number of hydrogen-bond acceptors (Lipinski definition) is 2. The summed E-state index contributed by atoms with van der Waals surface area (Å²) >= 11 is 3.26. The molecule has 0 aliphatic heterocycles. The second kappa shape index (κ2) is 5.84. The maximum Gasteiger partial charge on any atom is 0.335 e. The van der Waals surface area contributed by atoms with Crippen LogP contribution in [0.3, 0.4) is 0 Å². The molecule has 2 N–H and O–H groups in total. The molecular weight excluding hydrogens is 313 g/mol. The smallest absolute Gasteiger partial charge is 0.335 e. The average Bonchev–Trinajstić information content (AvgIpc) is 2.38. The molecule has 0 spiro atoms. The van der Waals surface area contributed by atoms with Crippen LogP contribution in [0.2, 0.25) is 0 Å². The van der Waals surface area contributed by atoms with Crippen molar-refractivity contribution in [2.45, 2.75) is 6.54 Å². The van der Waals surface area contributed by atoms with E-state index < -0.39 is 5.97 Å². The first-order valence-corrected chi connectivity index (χ1v) is 6.37. The Balaban J connectivity index is 2.10. The van der Waals surface area contributed by atoms with Crippen molar-refractivity contribution in [1.82, 2.24) is 0 Å². The van der Waals surface area contributed by atoms with Gasteiger partial charge >= 0.3 is 5.97 Å². The van der Waals surface area contributed by atoms with Gasteiger partial charge < -0.3 is 10.4 Å². The molecule has 19 heavy (non-hydrogen) atoms. The van der Waals surface area contributed by atoms with Gasteiger partial charge in [-0.15, -0.1) is 0 Å². The Morgan fingerprint density at radius 1 is 1.26 bits per heavy atom. The van der Waals surface area contributed by atoms with Crippen molar-refractivity contribution >= 4 is 27.6 Å². The van der Waals surface area contributed by atoms with Crippen molar-refractivity contribution in [3.8, 4) is 0 Å². The predicted octanol–water partition coefficient (Wildman–Crippen LogP) is 3.90. The largest absolute Gasteiger partial charge is 0.478 e. The van der Waals surface area contributed by atoms with E-state index in [1.807, 2.05) is 6.07 Å². The Hall–Kier alpha value is -1.88. The molecule has 0 aromatic heterocycles. The van der Waals surface area contributed by atoms with Crippen molar-refractivity contribution < 1.29 is 14.3 Å². The van der Waals surface area contributed by atoms with Gasteiger partial charge in [0.25, 0.3) is 0 Å². The molecule has 3 nitrogen and oxygen atoms in total. The first-order chi connectivity index (χ1) is 9.06. The van der Waals surface area contributed by atoms with E-state index in [0.717, 1.165) is 11.3 Å². The van der Waals surface area contributed by atoms with Crippen LogP contribution in [0.15, 0.2) is 46.9 Å². The highest BCUT2D eigenvalue weighted by Gasteiger charge is 2.04. The first kappa shape index (κ1) is 13.5. The zero-order valence-electron chi connectivity index (χ0n) is 9.86. The number of hydrogen-bond donors (Lipinski definition) is 2. The van der Waals surface area contributed by atoms with Gasteiger partial charge in [0.15, 0.2) is 0 Å². The van der Waals surface area contributed by atoms with Gasteiger partial charge in [-0.3, -0.25) is 0 Å². The van der Waals surface area contributed by atoms with Gasteiger partial charge in [-0.2, -0.15) is 0 Å². The molecule has 98 valence electrons. The van der Waals surface area contributed by atoms with Crippen LogP contribution in [0, 0.1) is 5.82 Å². The molecule has 2 aromatic carbocycles. The number of carbonyl (C=O) groups is 1. The van der Waals surface area contributed by atoms with Crippen molar-refractivity contribution in [2.24, 2.45) is 0 Å². The van der Waals surface area contributed by atoms with Crippen LogP contribution in [0.5, 0.6) is 0 Å². The number of benzene rings is 2. The molecule has 0 saturated carbocycles. The molecule has 0 aliphatic carbocycles. The van der Waals surface area contributed by atoms with Crippen molar-refractivity contribution in [1.29, 1.82) is 0 Å². The fourth-order valence-electron chi connectivity index (χ4n) is 1.64. The lowest BCUT2D eigenvalue weighted by molar-refractivity contribution is 0.0697. The summed E-state index contributed by atoms with van der Waals surface area (Å²) in [7, 11) is 0. The molecule has 2 aromatic rings. The van der Waals surface area contributed by atoms with Crippen molar-refractivity contribution in [3.05, 3.63) is 63.9 Å². The molecule has 0 fully saturated rings. The van der Waals surface area contributed by atoms with Gasteiger partial charge in [0.1, 0.15) is 5.82 Å². The minimum atomic E-state index is -0.954. The summed E-state index contributed by atoms with van der Waals surface area (Å²) in [6.45, 7) is 0.464. The van der Waals surface area contributed by atoms with Gasteiger partial charge in [0.05, 0.1) is 5.56 Å². The summed E-state index contributed by atoms with van der Waals surface area (Å²) in [4.78, 5) is 10.8. The maximum absolute atomic E-state index is 12.9. The molecule has 0 unspecified atom stereocenters. The molecule has 0 amide bonds. The van der Waals surface area contributed by atoms with Gasteiger partial charge in [-0.25, -0.2) is 9.18 Å². The van der Waals surface area contributed by atoms with Crippen LogP contribution >= 0.6 is 15.9 Å². The molecule has 2 rings (SSSR count). The third-order valence-electron chi connectivity index (χ3n) is 2.59. The second-order valence-corrected chi connectivity index (χ2v) is 4.84. The highest BCUT2D eigenvalue weighted by atomic mass is 79.9. The van der Waals surface area contributed by atoms with E-state index in [-0.39, 0.29) is 11.4 Å². The quantitative estimate of drug-likeness (QED) is 0.897. The fraction of sp³-hybridized carbons (Fsp3) is 0.0714. The molecule has 0 atom stereocenters. The number of nitrogens with one attached hydrogen (secondary N) is 1. The zero-order valence-corrected chi connectivity index (χ0v) is 11.4. The Labute approximate surface area is 118 Å². The summed E-state index contributed by atoms with van der Waals surface area (Å²) < 4.78 is 13.6. The molecule has 0 saturated heterocycles. The summed E-state index contributed by atoms with van der Waals surface area (Å²) in [6.07, 6.45) is 0. The third-order valence-corrected chi connectivity index (χ3v) is 3.24. The van der Waals surface area contributed by atoms with Crippen LogP contribution in [0.1, 0.15) is 15.9 Å². The zero-order chi connectivity index (χ0) is 13.8. The van der Waals surface area contributed by atoms with E-state index in [4.69, 9.17) is 5.11 Å². The van der Waals surface area contributed by atoms with E-state index in [2.05, 4.69) is 21.2 Å². The number of aromatic carboxylic acids is 1. The Morgan fingerprint density at radius 2 is 2.05 bits per heavy atom. The van der Waals surface area contributed by atoms with E-state index in [1.54, 1.807) is 24.3 Å². The number of carboxylic acid groups (broad SMARTS) is 1. The minimum absolute atomic E-state index is 0.248. The number of carboxylic acids is 1. The summed E-state index contributed by atoms with van der Waals surface area (Å²) in [6, 6.07) is 11.0. The molecule has 5 heteroatoms. The number of rotatable bonds is 4. The Kier molecular flexibility index (Phi) is 4.16. The van der Waals surface area contributed by atoms with Crippen LogP contribution in [0.25, 0.3) is 0 Å². The van der Waals surface area contributed by atoms with Crippen LogP contribution in [-0.2, 0) is 6.54 Å². The van der Waals surface area contributed by atoms with E-state index in [9.17, 15) is 9.18 Å². The number of halogens is 2. The second-order valence-electron chi connectivity index (χ2n) is 3.98. The lowest BCUT2D eigenvalue weighted by Crippen LogP contribution is -2.02. The molecule has 0 radical (unpaired) electrons. The highest BCUT2D eigenvalue weighted by molar-refractivity contribution is 9.10. The standard InChI is InChI=1S/C14H11BrFNO2/c15-12-7-11(16)4-5-13(12)17-8-9-2-1-3-10(6-9)14(18)19/h1-7,17H,8H2,(H,18,19).